The van der Waals surface area contributed by atoms with E-state index in [0.29, 0.717) is 11.8 Å². The number of hydrogen-bond acceptors (Lipinski definition) is 3. The standard InChI is InChI=1S/C15H20INO3/c1-15(20-8-4-6-16)10-12-11(9-13(15)19-3)5-7-17(2)14(12)18/h5,7,9-10,13H,4,6,8H2,1-3H3. The average molecular weight is 389 g/mol. The zero-order chi connectivity index (χ0) is 14.8. The summed E-state index contributed by atoms with van der Waals surface area (Å²) in [5.41, 5.74) is -0.599. The highest BCUT2D eigenvalue weighted by atomic mass is 127. The van der Waals surface area contributed by atoms with Gasteiger partial charge in [0, 0.05) is 36.6 Å². The van der Waals surface area contributed by atoms with Gasteiger partial charge in [0.05, 0.1) is 0 Å². The van der Waals surface area contributed by atoms with Crippen molar-refractivity contribution in [2.75, 3.05) is 18.1 Å². The quantitative estimate of drug-likeness (QED) is 0.420. The van der Waals surface area contributed by atoms with Crippen molar-refractivity contribution in [3.63, 3.8) is 0 Å². The molecule has 1 aromatic rings. The van der Waals surface area contributed by atoms with Crippen molar-refractivity contribution < 1.29 is 9.47 Å². The number of rotatable bonds is 5. The second-order valence-corrected chi connectivity index (χ2v) is 6.22. The number of pyridine rings is 1. The van der Waals surface area contributed by atoms with E-state index >= 15 is 0 Å². The summed E-state index contributed by atoms with van der Waals surface area (Å²) >= 11 is 2.33. The van der Waals surface area contributed by atoms with Crippen LogP contribution in [0.3, 0.4) is 0 Å². The zero-order valence-corrected chi connectivity index (χ0v) is 14.2. The third-order valence-electron chi connectivity index (χ3n) is 3.61. The van der Waals surface area contributed by atoms with Crippen LogP contribution in [0.25, 0.3) is 12.2 Å². The summed E-state index contributed by atoms with van der Waals surface area (Å²) in [6.45, 7) is 2.63. The number of alkyl halides is 1. The lowest BCUT2D eigenvalue weighted by Crippen LogP contribution is -2.54. The minimum atomic E-state index is -0.596. The molecule has 110 valence electrons. The number of fused-ring (bicyclic) bond motifs is 1. The largest absolute Gasteiger partial charge is 0.374 e. The molecule has 0 saturated heterocycles. The third-order valence-corrected chi connectivity index (χ3v) is 4.37. The van der Waals surface area contributed by atoms with Gasteiger partial charge in [0.2, 0.25) is 0 Å². The SMILES string of the molecule is COC1C=c2ccn(C)c(=O)c2=CC1(C)OCCCI. The summed E-state index contributed by atoms with van der Waals surface area (Å²) in [7, 11) is 3.42. The first-order valence-electron chi connectivity index (χ1n) is 6.65. The van der Waals surface area contributed by atoms with Gasteiger partial charge in [0.1, 0.15) is 11.7 Å². The first kappa shape index (κ1) is 15.7. The first-order chi connectivity index (χ1) is 9.51. The lowest BCUT2D eigenvalue weighted by molar-refractivity contribution is -0.0605. The summed E-state index contributed by atoms with van der Waals surface area (Å²) in [5, 5.41) is 1.61. The Morgan fingerprint density at radius 1 is 1.50 bits per heavy atom. The number of aryl methyl sites for hydroxylation is 1. The maximum Gasteiger partial charge on any atom is 0.257 e. The van der Waals surface area contributed by atoms with Crippen molar-refractivity contribution >= 4 is 34.7 Å². The first-order valence-corrected chi connectivity index (χ1v) is 8.17. The van der Waals surface area contributed by atoms with E-state index in [2.05, 4.69) is 22.6 Å². The van der Waals surface area contributed by atoms with Gasteiger partial charge in [0.25, 0.3) is 5.56 Å². The Morgan fingerprint density at radius 3 is 2.90 bits per heavy atom. The number of hydrogen-bond donors (Lipinski definition) is 0. The van der Waals surface area contributed by atoms with Crippen LogP contribution in [-0.4, -0.2) is 34.4 Å². The molecule has 0 radical (unpaired) electrons. The summed E-state index contributed by atoms with van der Waals surface area (Å²) < 4.78 is 14.2. The van der Waals surface area contributed by atoms with Crippen molar-refractivity contribution in [1.82, 2.24) is 4.57 Å². The third kappa shape index (κ3) is 2.99. The summed E-state index contributed by atoms with van der Waals surface area (Å²) in [4.78, 5) is 12.2. The lowest BCUT2D eigenvalue weighted by atomic mass is 9.91. The van der Waals surface area contributed by atoms with Crippen molar-refractivity contribution in [1.29, 1.82) is 0 Å². The van der Waals surface area contributed by atoms with Gasteiger partial charge in [-0.15, -0.1) is 0 Å². The van der Waals surface area contributed by atoms with E-state index in [1.54, 1.807) is 24.9 Å². The van der Waals surface area contributed by atoms with Crippen LogP contribution < -0.4 is 16.0 Å². The Morgan fingerprint density at radius 2 is 2.25 bits per heavy atom. The predicted octanol–water partition coefficient (Wildman–Crippen LogP) is 0.575. The Hall–Kier alpha value is -0.660. The van der Waals surface area contributed by atoms with Crippen LogP contribution in [0.5, 0.6) is 0 Å². The fourth-order valence-electron chi connectivity index (χ4n) is 2.42. The molecule has 2 rings (SSSR count). The van der Waals surface area contributed by atoms with E-state index in [4.69, 9.17) is 9.47 Å². The molecule has 0 aromatic carbocycles. The molecule has 5 heteroatoms. The topological polar surface area (TPSA) is 40.5 Å². The van der Waals surface area contributed by atoms with Gasteiger partial charge in [-0.25, -0.2) is 0 Å². The molecule has 1 aromatic heterocycles. The number of nitrogens with zero attached hydrogens (tertiary/aromatic N) is 1. The lowest BCUT2D eigenvalue weighted by Gasteiger charge is -2.34. The molecular weight excluding hydrogens is 369 g/mol. The second-order valence-electron chi connectivity index (χ2n) is 5.14. The number of ether oxygens (including phenoxy) is 2. The summed E-state index contributed by atoms with van der Waals surface area (Å²) in [6, 6.07) is 1.93. The number of aromatic nitrogens is 1. The molecule has 1 aliphatic rings. The highest BCUT2D eigenvalue weighted by Crippen LogP contribution is 2.23. The summed E-state index contributed by atoms with van der Waals surface area (Å²) in [6.07, 6.45) is 6.46. The van der Waals surface area contributed by atoms with Gasteiger partial charge in [-0.05, 0) is 36.8 Å². The van der Waals surface area contributed by atoms with E-state index in [1.165, 1.54) is 0 Å². The minimum absolute atomic E-state index is 0.00276. The van der Waals surface area contributed by atoms with Crippen LogP contribution in [-0.2, 0) is 16.5 Å². The van der Waals surface area contributed by atoms with Crippen molar-refractivity contribution in [2.24, 2.45) is 7.05 Å². The summed E-state index contributed by atoms with van der Waals surface area (Å²) in [5.74, 6) is 0. The van der Waals surface area contributed by atoms with Crippen LogP contribution in [0, 0.1) is 0 Å². The van der Waals surface area contributed by atoms with Gasteiger partial charge in [-0.3, -0.25) is 4.79 Å². The normalized spacial score (nSPS) is 24.7. The Balaban J connectivity index is 2.50. The van der Waals surface area contributed by atoms with E-state index < -0.39 is 5.60 Å². The molecule has 2 unspecified atom stereocenters. The molecule has 0 bridgehead atoms. The molecule has 2 atom stereocenters. The number of methoxy groups -OCH3 is 1. The highest BCUT2D eigenvalue weighted by Gasteiger charge is 2.34. The average Bonchev–Trinajstić information content (AvgIpc) is 2.43. The highest BCUT2D eigenvalue weighted by molar-refractivity contribution is 14.1. The maximum absolute atomic E-state index is 12.2. The van der Waals surface area contributed by atoms with Gasteiger partial charge < -0.3 is 14.0 Å². The molecule has 0 aliphatic heterocycles. The van der Waals surface area contributed by atoms with E-state index in [0.717, 1.165) is 16.1 Å². The van der Waals surface area contributed by atoms with E-state index in [-0.39, 0.29) is 11.7 Å². The molecule has 0 amide bonds. The minimum Gasteiger partial charge on any atom is -0.374 e. The molecule has 0 spiro atoms. The fourth-order valence-corrected chi connectivity index (χ4v) is 2.73. The van der Waals surface area contributed by atoms with Gasteiger partial charge >= 0.3 is 0 Å². The van der Waals surface area contributed by atoms with Crippen LogP contribution in [0.2, 0.25) is 0 Å². The van der Waals surface area contributed by atoms with E-state index in [1.807, 2.05) is 25.1 Å². The molecule has 0 saturated carbocycles. The molecule has 4 nitrogen and oxygen atoms in total. The van der Waals surface area contributed by atoms with Crippen LogP contribution in [0.4, 0.5) is 0 Å². The molecule has 1 heterocycles. The number of halogens is 1. The van der Waals surface area contributed by atoms with Crippen LogP contribution in [0.15, 0.2) is 17.1 Å². The van der Waals surface area contributed by atoms with Crippen molar-refractivity contribution in [3.8, 4) is 0 Å². The fraction of sp³-hybridized carbons (Fsp3) is 0.533. The molecule has 0 fully saturated rings. The predicted molar refractivity (Wildman–Crippen MR) is 88.5 cm³/mol. The van der Waals surface area contributed by atoms with Gasteiger partial charge in [0.15, 0.2) is 0 Å². The van der Waals surface area contributed by atoms with Crippen LogP contribution in [0.1, 0.15) is 13.3 Å². The Labute approximate surface area is 132 Å². The van der Waals surface area contributed by atoms with Gasteiger partial charge in [-0.2, -0.15) is 0 Å². The maximum atomic E-state index is 12.2. The molecule has 20 heavy (non-hydrogen) atoms. The van der Waals surface area contributed by atoms with Crippen molar-refractivity contribution in [3.05, 3.63) is 33.1 Å². The van der Waals surface area contributed by atoms with E-state index in [9.17, 15) is 4.79 Å². The Bertz CT molecular complexity index is 652. The smallest absolute Gasteiger partial charge is 0.257 e. The zero-order valence-electron chi connectivity index (χ0n) is 12.1. The van der Waals surface area contributed by atoms with Crippen LogP contribution >= 0.6 is 22.6 Å². The van der Waals surface area contributed by atoms with Gasteiger partial charge in [-0.1, -0.05) is 22.6 Å². The van der Waals surface area contributed by atoms with Crippen molar-refractivity contribution in [2.45, 2.75) is 25.0 Å². The molecule has 1 aliphatic carbocycles. The monoisotopic (exact) mass is 389 g/mol. The molecule has 0 N–H and O–H groups in total. The Kier molecular flexibility index (Phi) is 5.04. The second kappa shape index (κ2) is 6.41. The molecular formula is C15H20INO3.